The van der Waals surface area contributed by atoms with Gasteiger partial charge in [0.05, 0.1) is 0 Å². The van der Waals surface area contributed by atoms with E-state index in [2.05, 4.69) is 27.9 Å². The van der Waals surface area contributed by atoms with E-state index >= 15 is 0 Å². The van der Waals surface area contributed by atoms with Crippen LogP contribution in [0.15, 0.2) is 4.99 Å². The molecular weight excluding hydrogens is 180 g/mol. The predicted octanol–water partition coefficient (Wildman–Crippen LogP) is 0.435. The fraction of sp³-hybridized carbons (Fsp3) is 0.778. The van der Waals surface area contributed by atoms with E-state index in [-0.39, 0.29) is 6.03 Å². The van der Waals surface area contributed by atoms with Gasteiger partial charge in [0, 0.05) is 19.6 Å². The Morgan fingerprint density at radius 3 is 2.79 bits per heavy atom. The van der Waals surface area contributed by atoms with Gasteiger partial charge in [-0.1, -0.05) is 19.8 Å². The first-order valence-electron chi connectivity index (χ1n) is 5.17. The van der Waals surface area contributed by atoms with Crippen LogP contribution in [0.25, 0.3) is 0 Å². The second-order valence-electron chi connectivity index (χ2n) is 3.25. The summed E-state index contributed by atoms with van der Waals surface area (Å²) in [6, 6.07) is -0.266. The number of hydrogen-bond acceptors (Lipinski definition) is 1. The zero-order valence-electron chi connectivity index (χ0n) is 8.60. The van der Waals surface area contributed by atoms with Crippen molar-refractivity contribution < 1.29 is 4.79 Å². The van der Waals surface area contributed by atoms with Crippen molar-refractivity contribution in [3.8, 4) is 0 Å². The normalized spacial score (nSPS) is 14.5. The Hall–Kier alpha value is -1.26. The number of hydrogen-bond donors (Lipinski definition) is 3. The van der Waals surface area contributed by atoms with Gasteiger partial charge in [0.1, 0.15) is 0 Å². The van der Waals surface area contributed by atoms with E-state index in [1.54, 1.807) is 0 Å². The van der Waals surface area contributed by atoms with Crippen molar-refractivity contribution in [2.24, 2.45) is 4.99 Å². The number of urea groups is 1. The van der Waals surface area contributed by atoms with Crippen molar-refractivity contribution in [2.45, 2.75) is 26.2 Å². The molecule has 0 aromatic carbocycles. The van der Waals surface area contributed by atoms with E-state index in [1.807, 2.05) is 0 Å². The molecule has 1 fully saturated rings. The molecule has 3 N–H and O–H groups in total. The molecule has 5 heteroatoms. The third-order valence-corrected chi connectivity index (χ3v) is 1.98. The number of carbonyl (C=O) groups is 1. The molecule has 0 radical (unpaired) electrons. The monoisotopic (exact) mass is 198 g/mol. The Bertz CT molecular complexity index is 207. The van der Waals surface area contributed by atoms with Crippen LogP contribution in [-0.2, 0) is 0 Å². The highest BCUT2D eigenvalue weighted by Gasteiger charge is 2.06. The highest BCUT2D eigenvalue weighted by Crippen LogP contribution is 1.91. The lowest BCUT2D eigenvalue weighted by Gasteiger charge is -2.01. The predicted molar refractivity (Wildman–Crippen MR) is 56.4 cm³/mol. The first-order valence-corrected chi connectivity index (χ1v) is 5.17. The molecule has 5 nitrogen and oxygen atoms in total. The van der Waals surface area contributed by atoms with Crippen LogP contribution in [0.2, 0.25) is 0 Å². The molecule has 14 heavy (non-hydrogen) atoms. The third kappa shape index (κ3) is 4.11. The average molecular weight is 198 g/mol. The molecule has 80 valence electrons. The number of unbranched alkanes of at least 4 members (excludes halogenated alkanes) is 2. The van der Waals surface area contributed by atoms with E-state index in [0.717, 1.165) is 32.4 Å². The molecule has 0 spiro atoms. The standard InChI is InChI=1S/C9H18N4O/c1-2-3-4-5-12-9(14)13-8-10-6-7-11-8/h2-7H2,1H3,(H3,10,11,12,13,14). The van der Waals surface area contributed by atoms with E-state index in [0.29, 0.717) is 12.5 Å². The Kier molecular flexibility index (Phi) is 4.82. The van der Waals surface area contributed by atoms with Gasteiger partial charge in [-0.15, -0.1) is 0 Å². The van der Waals surface area contributed by atoms with Gasteiger partial charge in [0.2, 0.25) is 5.96 Å². The van der Waals surface area contributed by atoms with Crippen molar-refractivity contribution in [3.05, 3.63) is 0 Å². The minimum atomic E-state index is -0.266. The number of carbonyl (C=O) groups excluding carboxylic acids is 1. The van der Waals surface area contributed by atoms with E-state index < -0.39 is 0 Å². The Labute approximate surface area is 84.4 Å². The van der Waals surface area contributed by atoms with Crippen molar-refractivity contribution >= 4 is 12.0 Å². The van der Waals surface area contributed by atoms with Crippen LogP contribution in [0.1, 0.15) is 26.2 Å². The van der Waals surface area contributed by atoms with Crippen molar-refractivity contribution in [1.29, 1.82) is 0 Å². The zero-order valence-corrected chi connectivity index (χ0v) is 8.60. The van der Waals surface area contributed by atoms with Crippen LogP contribution in [-0.4, -0.2) is 31.6 Å². The zero-order chi connectivity index (χ0) is 10.2. The largest absolute Gasteiger partial charge is 0.354 e. The quantitative estimate of drug-likeness (QED) is 0.574. The van der Waals surface area contributed by atoms with Gasteiger partial charge in [-0.25, -0.2) is 4.79 Å². The van der Waals surface area contributed by atoms with E-state index in [9.17, 15) is 4.79 Å². The van der Waals surface area contributed by atoms with E-state index in [4.69, 9.17) is 0 Å². The Morgan fingerprint density at radius 1 is 1.43 bits per heavy atom. The Balaban J connectivity index is 2.12. The molecule has 0 unspecified atom stereocenters. The lowest BCUT2D eigenvalue weighted by Crippen LogP contribution is -2.29. The first-order chi connectivity index (χ1) is 6.83. The van der Waals surface area contributed by atoms with Gasteiger partial charge < -0.3 is 16.0 Å². The SMILES string of the molecule is CCCCCNC(=O)N=C1NCCN1. The fourth-order valence-corrected chi connectivity index (χ4v) is 1.21. The topological polar surface area (TPSA) is 65.5 Å². The molecule has 0 aliphatic carbocycles. The molecule has 2 amide bonds. The highest BCUT2D eigenvalue weighted by atomic mass is 16.2. The summed E-state index contributed by atoms with van der Waals surface area (Å²) in [4.78, 5) is 15.0. The lowest BCUT2D eigenvalue weighted by molar-refractivity contribution is 0.249. The summed E-state index contributed by atoms with van der Waals surface area (Å²) >= 11 is 0. The minimum absolute atomic E-state index is 0.266. The molecule has 0 saturated carbocycles. The summed E-state index contributed by atoms with van der Waals surface area (Å²) in [7, 11) is 0. The molecule has 0 aromatic heterocycles. The second-order valence-corrected chi connectivity index (χ2v) is 3.25. The van der Waals surface area contributed by atoms with Crippen LogP contribution in [0.5, 0.6) is 0 Å². The second kappa shape index (κ2) is 6.23. The van der Waals surface area contributed by atoms with Crippen LogP contribution >= 0.6 is 0 Å². The number of nitrogens with zero attached hydrogens (tertiary/aromatic N) is 1. The van der Waals surface area contributed by atoms with Crippen LogP contribution < -0.4 is 16.0 Å². The summed E-state index contributed by atoms with van der Waals surface area (Å²) in [5, 5.41) is 8.67. The van der Waals surface area contributed by atoms with Crippen molar-refractivity contribution in [2.75, 3.05) is 19.6 Å². The summed E-state index contributed by atoms with van der Waals surface area (Å²) in [5.74, 6) is 0.581. The van der Waals surface area contributed by atoms with Gasteiger partial charge >= 0.3 is 6.03 Å². The lowest BCUT2D eigenvalue weighted by atomic mass is 10.2. The molecule has 0 bridgehead atoms. The van der Waals surface area contributed by atoms with Crippen LogP contribution in [0.3, 0.4) is 0 Å². The van der Waals surface area contributed by atoms with E-state index in [1.165, 1.54) is 0 Å². The maximum Gasteiger partial charge on any atom is 0.344 e. The van der Waals surface area contributed by atoms with Crippen molar-refractivity contribution in [3.63, 3.8) is 0 Å². The number of amides is 2. The number of nitrogens with one attached hydrogen (secondary N) is 3. The van der Waals surface area contributed by atoms with Crippen LogP contribution in [0.4, 0.5) is 4.79 Å². The maximum atomic E-state index is 11.2. The number of aliphatic imine (C=N–C) groups is 1. The molecule has 1 saturated heterocycles. The smallest absolute Gasteiger partial charge is 0.344 e. The Morgan fingerprint density at radius 2 is 2.14 bits per heavy atom. The van der Waals surface area contributed by atoms with Gasteiger partial charge in [0.25, 0.3) is 0 Å². The molecule has 1 rings (SSSR count). The summed E-state index contributed by atoms with van der Waals surface area (Å²) in [5.41, 5.74) is 0. The average Bonchev–Trinajstić information content (AvgIpc) is 2.65. The molecule has 1 aliphatic rings. The van der Waals surface area contributed by atoms with Crippen LogP contribution in [0, 0.1) is 0 Å². The maximum absolute atomic E-state index is 11.2. The summed E-state index contributed by atoms with van der Waals surface area (Å²) in [6.45, 7) is 4.52. The van der Waals surface area contributed by atoms with Gasteiger partial charge in [-0.05, 0) is 6.42 Å². The number of guanidine groups is 1. The molecular formula is C9H18N4O. The number of rotatable bonds is 4. The summed E-state index contributed by atoms with van der Waals surface area (Å²) in [6.07, 6.45) is 3.33. The third-order valence-electron chi connectivity index (χ3n) is 1.98. The van der Waals surface area contributed by atoms with Gasteiger partial charge in [-0.3, -0.25) is 0 Å². The minimum Gasteiger partial charge on any atom is -0.354 e. The fourth-order valence-electron chi connectivity index (χ4n) is 1.21. The van der Waals surface area contributed by atoms with Crippen molar-refractivity contribution in [1.82, 2.24) is 16.0 Å². The molecule has 1 heterocycles. The van der Waals surface area contributed by atoms with Gasteiger partial charge in [0.15, 0.2) is 0 Å². The van der Waals surface area contributed by atoms with Gasteiger partial charge in [-0.2, -0.15) is 4.99 Å². The molecule has 0 aromatic rings. The first kappa shape index (κ1) is 10.8. The highest BCUT2D eigenvalue weighted by molar-refractivity contribution is 5.93. The molecule has 1 aliphatic heterocycles. The summed E-state index contributed by atoms with van der Waals surface area (Å²) < 4.78 is 0. The molecule has 0 atom stereocenters.